The van der Waals surface area contributed by atoms with E-state index < -0.39 is 0 Å². The highest BCUT2D eigenvalue weighted by molar-refractivity contribution is 5.03. The van der Waals surface area contributed by atoms with Crippen molar-refractivity contribution in [2.75, 3.05) is 26.2 Å². The molecular formula is C12H24N2O. The molecule has 2 saturated heterocycles. The molecular weight excluding hydrogens is 188 g/mol. The Bertz CT molecular complexity index is 248. The van der Waals surface area contributed by atoms with Gasteiger partial charge in [0.25, 0.3) is 0 Å². The van der Waals surface area contributed by atoms with Crippen molar-refractivity contribution < 1.29 is 5.11 Å². The van der Waals surface area contributed by atoms with Gasteiger partial charge in [-0.05, 0) is 34.1 Å². The van der Waals surface area contributed by atoms with E-state index in [0.717, 1.165) is 32.6 Å². The number of fused-ring (bicyclic) bond motifs is 1. The summed E-state index contributed by atoms with van der Waals surface area (Å²) >= 11 is 0. The zero-order chi connectivity index (χ0) is 11.3. The molecule has 88 valence electrons. The smallest absolute Gasteiger partial charge is 0.0685 e. The number of β-amino-alcohol motifs (C(OH)–C–C–N with tert-alkyl or cyclic N) is 1. The van der Waals surface area contributed by atoms with Crippen LogP contribution in [0.1, 0.15) is 34.1 Å². The van der Waals surface area contributed by atoms with Crippen LogP contribution in [0.15, 0.2) is 0 Å². The summed E-state index contributed by atoms with van der Waals surface area (Å²) in [6.07, 6.45) is 0.814. The van der Waals surface area contributed by atoms with Crippen LogP contribution in [0.5, 0.6) is 0 Å². The van der Waals surface area contributed by atoms with Gasteiger partial charge >= 0.3 is 0 Å². The summed E-state index contributed by atoms with van der Waals surface area (Å²) in [4.78, 5) is 5.00. The van der Waals surface area contributed by atoms with E-state index in [4.69, 9.17) is 0 Å². The SMILES string of the molecule is CC(C)(C)N1CCN2C[C@H](O)C[C@@]2(C)C1. The number of aliphatic hydroxyl groups is 1. The number of piperazine rings is 1. The largest absolute Gasteiger partial charge is 0.392 e. The lowest BCUT2D eigenvalue weighted by atomic mass is 9.92. The Balaban J connectivity index is 2.10. The molecule has 2 fully saturated rings. The van der Waals surface area contributed by atoms with E-state index in [2.05, 4.69) is 37.5 Å². The van der Waals surface area contributed by atoms with Crippen molar-refractivity contribution in [1.29, 1.82) is 0 Å². The minimum Gasteiger partial charge on any atom is -0.392 e. The highest BCUT2D eigenvalue weighted by Crippen LogP contribution is 2.34. The maximum absolute atomic E-state index is 9.75. The van der Waals surface area contributed by atoms with Crippen molar-refractivity contribution in [3.63, 3.8) is 0 Å². The Labute approximate surface area is 93.1 Å². The molecule has 2 heterocycles. The number of aliphatic hydroxyl groups excluding tert-OH is 1. The number of rotatable bonds is 0. The van der Waals surface area contributed by atoms with Gasteiger partial charge < -0.3 is 5.11 Å². The van der Waals surface area contributed by atoms with Crippen molar-refractivity contribution >= 4 is 0 Å². The monoisotopic (exact) mass is 212 g/mol. The fourth-order valence-electron chi connectivity index (χ4n) is 3.01. The first-order valence-electron chi connectivity index (χ1n) is 5.99. The van der Waals surface area contributed by atoms with Crippen molar-refractivity contribution in [1.82, 2.24) is 9.80 Å². The molecule has 1 N–H and O–H groups in total. The second-order valence-electron chi connectivity index (χ2n) is 6.39. The first kappa shape index (κ1) is 11.4. The van der Waals surface area contributed by atoms with Crippen LogP contribution in [0.3, 0.4) is 0 Å². The van der Waals surface area contributed by atoms with Gasteiger partial charge in [-0.2, -0.15) is 0 Å². The van der Waals surface area contributed by atoms with Gasteiger partial charge in [-0.15, -0.1) is 0 Å². The zero-order valence-corrected chi connectivity index (χ0v) is 10.5. The van der Waals surface area contributed by atoms with E-state index in [9.17, 15) is 5.11 Å². The normalized spacial score (nSPS) is 39.4. The highest BCUT2D eigenvalue weighted by atomic mass is 16.3. The molecule has 2 atom stereocenters. The maximum Gasteiger partial charge on any atom is 0.0685 e. The average molecular weight is 212 g/mol. The fourth-order valence-corrected chi connectivity index (χ4v) is 3.01. The average Bonchev–Trinajstić information content (AvgIpc) is 2.35. The molecule has 0 aromatic carbocycles. The lowest BCUT2D eigenvalue weighted by Crippen LogP contribution is -2.61. The van der Waals surface area contributed by atoms with E-state index in [1.807, 2.05) is 0 Å². The van der Waals surface area contributed by atoms with Crippen LogP contribution >= 0.6 is 0 Å². The van der Waals surface area contributed by atoms with Crippen LogP contribution in [0.4, 0.5) is 0 Å². The van der Waals surface area contributed by atoms with Crippen LogP contribution in [0.25, 0.3) is 0 Å². The summed E-state index contributed by atoms with van der Waals surface area (Å²) in [6.45, 7) is 13.3. The molecule has 15 heavy (non-hydrogen) atoms. The third-order valence-electron chi connectivity index (χ3n) is 3.99. The molecule has 0 unspecified atom stereocenters. The third-order valence-corrected chi connectivity index (χ3v) is 3.99. The predicted molar refractivity (Wildman–Crippen MR) is 61.9 cm³/mol. The van der Waals surface area contributed by atoms with E-state index in [-0.39, 0.29) is 17.2 Å². The molecule has 3 nitrogen and oxygen atoms in total. The Morgan fingerprint density at radius 3 is 2.53 bits per heavy atom. The number of nitrogens with zero attached hydrogens (tertiary/aromatic N) is 2. The van der Waals surface area contributed by atoms with Crippen molar-refractivity contribution in [2.45, 2.75) is 51.3 Å². The highest BCUT2D eigenvalue weighted by Gasteiger charge is 2.46. The summed E-state index contributed by atoms with van der Waals surface area (Å²) in [5.41, 5.74) is 0.452. The standard InChI is InChI=1S/C12H24N2O/c1-11(2,3)14-6-5-13-8-10(15)7-12(13,4)9-14/h10,15H,5-9H2,1-4H3/t10-,12+/m1/s1. The molecule has 0 aromatic heterocycles. The van der Waals surface area contributed by atoms with E-state index in [1.165, 1.54) is 0 Å². The van der Waals surface area contributed by atoms with Crippen molar-refractivity contribution in [3.05, 3.63) is 0 Å². The first-order chi connectivity index (χ1) is 6.81. The number of hydrogen-bond acceptors (Lipinski definition) is 3. The molecule has 0 saturated carbocycles. The van der Waals surface area contributed by atoms with Crippen LogP contribution in [0.2, 0.25) is 0 Å². The summed E-state index contributed by atoms with van der Waals surface area (Å²) in [5, 5.41) is 9.75. The minimum atomic E-state index is -0.116. The molecule has 0 spiro atoms. The van der Waals surface area contributed by atoms with Gasteiger partial charge in [-0.3, -0.25) is 9.80 Å². The molecule has 2 aliphatic rings. The number of hydrogen-bond donors (Lipinski definition) is 1. The van der Waals surface area contributed by atoms with Crippen molar-refractivity contribution in [3.8, 4) is 0 Å². The fraction of sp³-hybridized carbons (Fsp3) is 1.00. The van der Waals surface area contributed by atoms with Gasteiger partial charge in [0, 0.05) is 37.3 Å². The molecule has 2 aliphatic heterocycles. The minimum absolute atomic E-state index is 0.116. The molecule has 3 heteroatoms. The zero-order valence-electron chi connectivity index (χ0n) is 10.5. The molecule has 0 aromatic rings. The Morgan fingerprint density at radius 1 is 1.27 bits per heavy atom. The first-order valence-corrected chi connectivity index (χ1v) is 5.99. The Morgan fingerprint density at radius 2 is 1.93 bits per heavy atom. The maximum atomic E-state index is 9.75. The topological polar surface area (TPSA) is 26.7 Å². The van der Waals surface area contributed by atoms with Crippen LogP contribution in [0, 0.1) is 0 Å². The van der Waals surface area contributed by atoms with Gasteiger partial charge in [-0.1, -0.05) is 0 Å². The summed E-state index contributed by atoms with van der Waals surface area (Å²) in [7, 11) is 0. The molecule has 2 rings (SSSR count). The molecule has 0 radical (unpaired) electrons. The Hall–Kier alpha value is -0.120. The lowest BCUT2D eigenvalue weighted by molar-refractivity contribution is -0.00543. The van der Waals surface area contributed by atoms with Gasteiger partial charge in [0.15, 0.2) is 0 Å². The van der Waals surface area contributed by atoms with Gasteiger partial charge in [0.05, 0.1) is 6.10 Å². The quantitative estimate of drug-likeness (QED) is 0.647. The van der Waals surface area contributed by atoms with Gasteiger partial charge in [0.2, 0.25) is 0 Å². The predicted octanol–water partition coefficient (Wildman–Crippen LogP) is 0.926. The van der Waals surface area contributed by atoms with Crippen LogP contribution < -0.4 is 0 Å². The molecule has 0 bridgehead atoms. The van der Waals surface area contributed by atoms with E-state index >= 15 is 0 Å². The lowest BCUT2D eigenvalue weighted by Gasteiger charge is -2.49. The summed E-state index contributed by atoms with van der Waals surface area (Å²) in [6, 6.07) is 0. The van der Waals surface area contributed by atoms with Crippen molar-refractivity contribution in [2.24, 2.45) is 0 Å². The van der Waals surface area contributed by atoms with E-state index in [1.54, 1.807) is 0 Å². The second kappa shape index (κ2) is 3.44. The van der Waals surface area contributed by atoms with E-state index in [0.29, 0.717) is 0 Å². The Kier molecular flexibility index (Phi) is 2.61. The van der Waals surface area contributed by atoms with Crippen LogP contribution in [-0.2, 0) is 0 Å². The van der Waals surface area contributed by atoms with Gasteiger partial charge in [0.1, 0.15) is 0 Å². The van der Waals surface area contributed by atoms with Crippen LogP contribution in [-0.4, -0.2) is 58.3 Å². The molecule has 0 aliphatic carbocycles. The molecule has 0 amide bonds. The third kappa shape index (κ3) is 2.05. The van der Waals surface area contributed by atoms with Gasteiger partial charge in [-0.25, -0.2) is 0 Å². The summed E-state index contributed by atoms with van der Waals surface area (Å²) in [5.74, 6) is 0. The second-order valence-corrected chi connectivity index (χ2v) is 6.39. The summed E-state index contributed by atoms with van der Waals surface area (Å²) < 4.78 is 0.